The summed E-state index contributed by atoms with van der Waals surface area (Å²) >= 11 is 0. The zero-order chi connectivity index (χ0) is 29.7. The molecule has 7 N–H and O–H groups in total. The van der Waals surface area contributed by atoms with Gasteiger partial charge in [-0.3, -0.25) is 14.4 Å². The number of nitrogens with zero attached hydrogens (tertiary/aromatic N) is 1. The molecule has 4 amide bonds. The van der Waals surface area contributed by atoms with Gasteiger partial charge in [-0.05, 0) is 100 Å². The van der Waals surface area contributed by atoms with Gasteiger partial charge in [-0.1, -0.05) is 0 Å². The van der Waals surface area contributed by atoms with Crippen LogP contribution < -0.4 is 22.1 Å². The Kier molecular flexibility index (Phi) is 14.9. The Morgan fingerprint density at radius 1 is 0.816 bits per heavy atom. The van der Waals surface area contributed by atoms with Crippen LogP contribution in [0.1, 0.15) is 87.0 Å². The topological polar surface area (TPSA) is 203 Å². The lowest BCUT2D eigenvalue weighted by atomic mass is 10.0. The molecule has 13 nitrogen and oxygen atoms in total. The normalized spacial score (nSPS) is 14.0. The summed E-state index contributed by atoms with van der Waals surface area (Å²) in [5, 5.41) is 14.1. The first-order chi connectivity index (χ1) is 17.4. The molecule has 13 heteroatoms. The highest BCUT2D eigenvalue weighted by molar-refractivity contribution is 6.01. The molecule has 0 aliphatic heterocycles. The molecule has 0 fully saturated rings. The summed E-state index contributed by atoms with van der Waals surface area (Å²) in [5.74, 6) is -3.03. The van der Waals surface area contributed by atoms with E-state index in [0.29, 0.717) is 43.7 Å². The summed E-state index contributed by atoms with van der Waals surface area (Å²) in [6.07, 6.45) is -0.0395. The third kappa shape index (κ3) is 14.1. The van der Waals surface area contributed by atoms with Gasteiger partial charge in [0, 0.05) is 0 Å². The van der Waals surface area contributed by atoms with E-state index in [0.717, 1.165) is 0 Å². The Labute approximate surface area is 225 Å². The Balaban J connectivity index is 6.48. The van der Waals surface area contributed by atoms with E-state index in [9.17, 15) is 29.1 Å². The molecular formula is C25H47N5O8. The van der Waals surface area contributed by atoms with Crippen molar-refractivity contribution in [2.75, 3.05) is 13.1 Å². The van der Waals surface area contributed by atoms with Crippen LogP contribution in [0.15, 0.2) is 0 Å². The van der Waals surface area contributed by atoms with Crippen molar-refractivity contribution >= 4 is 30.0 Å². The third-order valence-corrected chi connectivity index (χ3v) is 5.04. The minimum Gasteiger partial charge on any atom is -0.480 e. The summed E-state index contributed by atoms with van der Waals surface area (Å²) in [7, 11) is 0. The molecular weight excluding hydrogens is 498 g/mol. The second-order valence-corrected chi connectivity index (χ2v) is 11.0. The van der Waals surface area contributed by atoms with E-state index >= 15 is 0 Å². The predicted octanol–water partition coefficient (Wildman–Crippen LogP) is 1.86. The Hall–Kier alpha value is -2.93. The van der Waals surface area contributed by atoms with Gasteiger partial charge in [-0.15, -0.1) is 0 Å². The number of unbranched alkanes of at least 4 members (excludes halogenated alkanes) is 2. The standard InChI is InChI=1S/C25H47N5O8/c1-16(21(33)34)28-19(31)18(13-9-11-15-27)30(23(36)38-25(5,6)7)20(32)17(12-8-10-14-26)29-22(35)37-24(2,3)4/h16-18H,8-15,26-27H2,1-7H3,(H,28,31)(H,29,35)(H,33,34)/t16-,17-,18-/m0/s1. The first-order valence-corrected chi connectivity index (χ1v) is 12.9. The molecule has 220 valence electrons. The van der Waals surface area contributed by atoms with Crippen LogP contribution in [-0.4, -0.2) is 82.4 Å². The first-order valence-electron chi connectivity index (χ1n) is 12.9. The molecule has 0 aromatic heterocycles. The molecule has 0 aromatic rings. The van der Waals surface area contributed by atoms with Crippen LogP contribution >= 0.6 is 0 Å². The van der Waals surface area contributed by atoms with E-state index in [2.05, 4.69) is 10.6 Å². The van der Waals surface area contributed by atoms with Crippen molar-refractivity contribution in [1.82, 2.24) is 15.5 Å². The Morgan fingerprint density at radius 2 is 1.32 bits per heavy atom. The van der Waals surface area contributed by atoms with Gasteiger partial charge < -0.3 is 36.7 Å². The Bertz CT molecular complexity index is 807. The van der Waals surface area contributed by atoms with Gasteiger partial charge in [0.2, 0.25) is 5.91 Å². The van der Waals surface area contributed by atoms with Gasteiger partial charge in [0.25, 0.3) is 5.91 Å². The van der Waals surface area contributed by atoms with Gasteiger partial charge in [-0.25, -0.2) is 14.5 Å². The summed E-state index contributed by atoms with van der Waals surface area (Å²) < 4.78 is 10.7. The van der Waals surface area contributed by atoms with E-state index in [-0.39, 0.29) is 12.8 Å². The quantitative estimate of drug-likeness (QED) is 0.200. The number of nitrogens with two attached hydrogens (primary N) is 2. The van der Waals surface area contributed by atoms with Crippen molar-refractivity contribution in [1.29, 1.82) is 0 Å². The summed E-state index contributed by atoms with van der Waals surface area (Å²) in [5.41, 5.74) is 9.31. The zero-order valence-electron chi connectivity index (χ0n) is 23.8. The molecule has 0 aliphatic carbocycles. The van der Waals surface area contributed by atoms with E-state index in [4.69, 9.17) is 20.9 Å². The lowest BCUT2D eigenvalue weighted by molar-refractivity contribution is -0.144. The molecule has 0 rings (SSSR count). The fourth-order valence-electron chi connectivity index (χ4n) is 3.28. The number of carboxylic acids is 1. The van der Waals surface area contributed by atoms with E-state index in [1.807, 2.05) is 0 Å². The van der Waals surface area contributed by atoms with Crippen LogP contribution in [0.2, 0.25) is 0 Å². The van der Waals surface area contributed by atoms with Gasteiger partial charge in [0.15, 0.2) is 0 Å². The van der Waals surface area contributed by atoms with Crippen LogP contribution in [0.25, 0.3) is 0 Å². The average Bonchev–Trinajstić information content (AvgIpc) is 2.75. The number of hydrogen-bond donors (Lipinski definition) is 5. The predicted molar refractivity (Wildman–Crippen MR) is 141 cm³/mol. The number of nitrogens with one attached hydrogen (secondary N) is 2. The Morgan fingerprint density at radius 3 is 1.76 bits per heavy atom. The molecule has 0 radical (unpaired) electrons. The van der Waals surface area contributed by atoms with Crippen molar-refractivity contribution < 1.29 is 38.6 Å². The fourth-order valence-corrected chi connectivity index (χ4v) is 3.28. The molecule has 0 aromatic carbocycles. The second-order valence-electron chi connectivity index (χ2n) is 11.0. The molecule has 0 aliphatic rings. The van der Waals surface area contributed by atoms with E-state index in [1.54, 1.807) is 41.5 Å². The minimum absolute atomic E-state index is 0.00229. The highest BCUT2D eigenvalue weighted by Crippen LogP contribution is 2.19. The number of imide groups is 1. The molecule has 0 bridgehead atoms. The van der Waals surface area contributed by atoms with Crippen LogP contribution in [-0.2, 0) is 23.9 Å². The van der Waals surface area contributed by atoms with Crippen LogP contribution in [0.3, 0.4) is 0 Å². The summed E-state index contributed by atoms with van der Waals surface area (Å²) in [4.78, 5) is 65.0. The van der Waals surface area contributed by atoms with Crippen molar-refractivity contribution in [2.24, 2.45) is 11.5 Å². The second kappa shape index (κ2) is 16.1. The lowest BCUT2D eigenvalue weighted by Gasteiger charge is -2.34. The van der Waals surface area contributed by atoms with E-state index in [1.165, 1.54) is 6.92 Å². The zero-order valence-corrected chi connectivity index (χ0v) is 23.8. The van der Waals surface area contributed by atoms with Crippen molar-refractivity contribution in [3.8, 4) is 0 Å². The number of aliphatic carboxylic acids is 1. The highest BCUT2D eigenvalue weighted by atomic mass is 16.6. The number of carbonyl (C=O) groups is 5. The van der Waals surface area contributed by atoms with Crippen LogP contribution in [0, 0.1) is 0 Å². The average molecular weight is 546 g/mol. The number of hydrogen-bond acceptors (Lipinski definition) is 9. The largest absolute Gasteiger partial charge is 0.480 e. The molecule has 0 saturated heterocycles. The monoisotopic (exact) mass is 545 g/mol. The maximum Gasteiger partial charge on any atom is 0.417 e. The number of amides is 4. The molecule has 0 spiro atoms. The lowest BCUT2D eigenvalue weighted by Crippen LogP contribution is -2.60. The maximum atomic E-state index is 13.9. The number of rotatable bonds is 14. The SMILES string of the molecule is C[C@H](NC(=O)[C@H](CCCCN)N(C(=O)OC(C)(C)C)C(=O)[C@H](CCCCN)NC(=O)OC(C)(C)C)C(=O)O. The van der Waals surface area contributed by atoms with Crippen molar-refractivity contribution in [3.05, 3.63) is 0 Å². The van der Waals surface area contributed by atoms with Crippen molar-refractivity contribution in [2.45, 2.75) is 116 Å². The van der Waals surface area contributed by atoms with Gasteiger partial charge in [-0.2, -0.15) is 0 Å². The minimum atomic E-state index is -1.41. The number of carboxylic acid groups (broad SMARTS) is 1. The molecule has 38 heavy (non-hydrogen) atoms. The smallest absolute Gasteiger partial charge is 0.417 e. The number of alkyl carbamates (subject to hydrolysis) is 1. The first kappa shape index (κ1) is 35.1. The molecule has 0 saturated carbocycles. The maximum absolute atomic E-state index is 13.9. The molecule has 0 heterocycles. The van der Waals surface area contributed by atoms with Crippen molar-refractivity contribution in [3.63, 3.8) is 0 Å². The summed E-state index contributed by atoms with van der Waals surface area (Å²) in [6.45, 7) is 11.7. The van der Waals surface area contributed by atoms with Gasteiger partial charge in [0.05, 0.1) is 0 Å². The third-order valence-electron chi connectivity index (χ3n) is 5.04. The highest BCUT2D eigenvalue weighted by Gasteiger charge is 2.41. The number of carbonyl (C=O) groups excluding carboxylic acids is 4. The van der Waals surface area contributed by atoms with E-state index < -0.39 is 59.3 Å². The van der Waals surface area contributed by atoms with Gasteiger partial charge >= 0.3 is 18.2 Å². The fraction of sp³-hybridized carbons (Fsp3) is 0.800. The summed E-state index contributed by atoms with van der Waals surface area (Å²) in [6, 6.07) is -3.94. The number of ether oxygens (including phenoxy) is 2. The van der Waals surface area contributed by atoms with Gasteiger partial charge in [0.1, 0.15) is 29.3 Å². The van der Waals surface area contributed by atoms with Crippen LogP contribution in [0.4, 0.5) is 9.59 Å². The van der Waals surface area contributed by atoms with Crippen LogP contribution in [0.5, 0.6) is 0 Å². The molecule has 0 unspecified atom stereocenters. The molecule has 3 atom stereocenters.